The first-order chi connectivity index (χ1) is 12.5. The quantitative estimate of drug-likeness (QED) is 0.795. The number of hydrogen-bond donors (Lipinski definition) is 0. The van der Waals surface area contributed by atoms with Crippen LogP contribution in [-0.2, 0) is 11.3 Å². The summed E-state index contributed by atoms with van der Waals surface area (Å²) in [5, 5.41) is 0.979. The molecular formula is C21H26N2O3. The molecule has 1 aromatic heterocycles. The predicted molar refractivity (Wildman–Crippen MR) is 101 cm³/mol. The molecule has 0 unspecified atom stereocenters. The Morgan fingerprint density at radius 1 is 1.08 bits per heavy atom. The summed E-state index contributed by atoms with van der Waals surface area (Å²) in [5.74, 6) is 0.225. The summed E-state index contributed by atoms with van der Waals surface area (Å²) in [4.78, 5) is 28.9. The van der Waals surface area contributed by atoms with E-state index >= 15 is 0 Å². The topological polar surface area (TPSA) is 53.8 Å². The third-order valence-electron chi connectivity index (χ3n) is 5.76. The van der Waals surface area contributed by atoms with E-state index in [9.17, 15) is 9.59 Å². The molecule has 138 valence electrons. The summed E-state index contributed by atoms with van der Waals surface area (Å²) in [6.07, 6.45) is 4.77. The molecule has 1 saturated carbocycles. The SMILES string of the molecule is Cc1cc(C)c2oc(=O)cc(CN3CCN(C4CCCC4)C(=O)C3)c2c1. The van der Waals surface area contributed by atoms with E-state index in [1.54, 1.807) is 6.07 Å². The van der Waals surface area contributed by atoms with Crippen molar-refractivity contribution in [3.05, 3.63) is 45.3 Å². The van der Waals surface area contributed by atoms with Crippen molar-refractivity contribution in [1.82, 2.24) is 9.80 Å². The second-order valence-corrected chi connectivity index (χ2v) is 7.79. The van der Waals surface area contributed by atoms with Gasteiger partial charge in [-0.3, -0.25) is 9.69 Å². The maximum atomic E-state index is 12.6. The Bertz CT molecular complexity index is 896. The molecule has 1 aliphatic carbocycles. The van der Waals surface area contributed by atoms with E-state index in [1.807, 2.05) is 19.9 Å². The Hall–Kier alpha value is -2.14. The maximum absolute atomic E-state index is 12.6. The van der Waals surface area contributed by atoms with Crippen molar-refractivity contribution in [3.8, 4) is 0 Å². The van der Waals surface area contributed by atoms with E-state index < -0.39 is 0 Å². The molecule has 4 rings (SSSR count). The lowest BCUT2D eigenvalue weighted by Crippen LogP contribution is -2.53. The monoisotopic (exact) mass is 354 g/mol. The van der Waals surface area contributed by atoms with E-state index in [1.165, 1.54) is 12.8 Å². The first kappa shape index (κ1) is 17.3. The molecular weight excluding hydrogens is 328 g/mol. The van der Waals surface area contributed by atoms with Crippen LogP contribution >= 0.6 is 0 Å². The van der Waals surface area contributed by atoms with Crippen LogP contribution in [0.4, 0.5) is 0 Å². The van der Waals surface area contributed by atoms with E-state index in [4.69, 9.17) is 4.42 Å². The fraction of sp³-hybridized carbons (Fsp3) is 0.524. The van der Waals surface area contributed by atoms with E-state index in [2.05, 4.69) is 15.9 Å². The lowest BCUT2D eigenvalue weighted by Gasteiger charge is -2.37. The van der Waals surface area contributed by atoms with E-state index in [0.29, 0.717) is 24.7 Å². The largest absolute Gasteiger partial charge is 0.422 e. The number of carbonyl (C=O) groups is 1. The Balaban J connectivity index is 1.56. The molecule has 0 atom stereocenters. The van der Waals surface area contributed by atoms with Gasteiger partial charge < -0.3 is 9.32 Å². The minimum atomic E-state index is -0.324. The summed E-state index contributed by atoms with van der Waals surface area (Å²) in [6.45, 7) is 6.70. The standard InChI is InChI=1S/C21H26N2O3/c1-14-9-15(2)21-18(10-14)16(11-20(25)26-21)12-22-7-8-23(19(24)13-22)17-5-3-4-6-17/h9-11,17H,3-8,12-13H2,1-2H3. The van der Waals surface area contributed by atoms with Crippen LogP contribution in [0.1, 0.15) is 42.4 Å². The van der Waals surface area contributed by atoms with Gasteiger partial charge in [0.2, 0.25) is 5.91 Å². The summed E-state index contributed by atoms with van der Waals surface area (Å²) in [5.41, 5.74) is 3.41. The first-order valence-electron chi connectivity index (χ1n) is 9.57. The zero-order chi connectivity index (χ0) is 18.3. The summed E-state index contributed by atoms with van der Waals surface area (Å²) >= 11 is 0. The third kappa shape index (κ3) is 3.28. The molecule has 1 saturated heterocycles. The number of amides is 1. The Labute approximate surface area is 153 Å². The van der Waals surface area contributed by atoms with Crippen molar-refractivity contribution >= 4 is 16.9 Å². The number of aryl methyl sites for hydroxylation is 2. The molecule has 2 aromatic rings. The van der Waals surface area contributed by atoms with Gasteiger partial charge in [-0.15, -0.1) is 0 Å². The Morgan fingerprint density at radius 3 is 2.58 bits per heavy atom. The van der Waals surface area contributed by atoms with Crippen molar-refractivity contribution in [2.24, 2.45) is 0 Å². The van der Waals surface area contributed by atoms with Gasteiger partial charge in [-0.1, -0.05) is 18.9 Å². The second-order valence-electron chi connectivity index (χ2n) is 7.79. The molecule has 0 spiro atoms. The van der Waals surface area contributed by atoms with Crippen LogP contribution in [0, 0.1) is 13.8 Å². The van der Waals surface area contributed by atoms with Gasteiger partial charge >= 0.3 is 5.63 Å². The lowest BCUT2D eigenvalue weighted by atomic mass is 10.0. The number of nitrogens with zero attached hydrogens (tertiary/aromatic N) is 2. The van der Waals surface area contributed by atoms with E-state index in [-0.39, 0.29) is 11.5 Å². The van der Waals surface area contributed by atoms with Crippen molar-refractivity contribution < 1.29 is 9.21 Å². The molecule has 1 aliphatic heterocycles. The molecule has 5 heteroatoms. The fourth-order valence-electron chi connectivity index (χ4n) is 4.52. The molecule has 26 heavy (non-hydrogen) atoms. The highest BCUT2D eigenvalue weighted by molar-refractivity contribution is 5.84. The molecule has 0 N–H and O–H groups in total. The highest BCUT2D eigenvalue weighted by Gasteiger charge is 2.31. The van der Waals surface area contributed by atoms with Crippen molar-refractivity contribution in [3.63, 3.8) is 0 Å². The molecule has 2 heterocycles. The first-order valence-corrected chi connectivity index (χ1v) is 9.57. The van der Waals surface area contributed by atoms with Crippen molar-refractivity contribution in [2.45, 2.75) is 52.1 Å². The van der Waals surface area contributed by atoms with Crippen LogP contribution in [0.2, 0.25) is 0 Å². The van der Waals surface area contributed by atoms with Gasteiger partial charge in [0.1, 0.15) is 5.58 Å². The number of hydrogen-bond acceptors (Lipinski definition) is 4. The van der Waals surface area contributed by atoms with Crippen LogP contribution in [-0.4, -0.2) is 41.4 Å². The van der Waals surface area contributed by atoms with Crippen molar-refractivity contribution in [2.75, 3.05) is 19.6 Å². The zero-order valence-electron chi connectivity index (χ0n) is 15.6. The van der Waals surface area contributed by atoms with Crippen LogP contribution in [0.3, 0.4) is 0 Å². The average Bonchev–Trinajstić information content (AvgIpc) is 3.10. The minimum absolute atomic E-state index is 0.225. The molecule has 2 aliphatic rings. The molecule has 0 bridgehead atoms. The predicted octanol–water partition coefficient (Wildman–Crippen LogP) is 3.00. The summed E-state index contributed by atoms with van der Waals surface area (Å²) in [7, 11) is 0. The number of fused-ring (bicyclic) bond motifs is 1. The zero-order valence-corrected chi connectivity index (χ0v) is 15.6. The average molecular weight is 354 g/mol. The number of benzene rings is 1. The Kier molecular flexibility index (Phi) is 4.57. The van der Waals surface area contributed by atoms with Gasteiger partial charge in [-0.25, -0.2) is 4.79 Å². The van der Waals surface area contributed by atoms with Gasteiger partial charge in [-0.2, -0.15) is 0 Å². The third-order valence-corrected chi connectivity index (χ3v) is 5.76. The van der Waals surface area contributed by atoms with Gasteiger partial charge in [-0.05, 0) is 49.4 Å². The molecule has 1 amide bonds. The summed E-state index contributed by atoms with van der Waals surface area (Å²) < 4.78 is 5.43. The van der Waals surface area contributed by atoms with Gasteiger partial charge in [0.05, 0.1) is 6.54 Å². The number of rotatable bonds is 3. The maximum Gasteiger partial charge on any atom is 0.336 e. The van der Waals surface area contributed by atoms with E-state index in [0.717, 1.165) is 48.0 Å². The number of piperazine rings is 1. The molecule has 5 nitrogen and oxygen atoms in total. The lowest BCUT2D eigenvalue weighted by molar-refractivity contribution is -0.138. The highest BCUT2D eigenvalue weighted by Crippen LogP contribution is 2.27. The van der Waals surface area contributed by atoms with Crippen LogP contribution in [0.25, 0.3) is 11.0 Å². The van der Waals surface area contributed by atoms with Crippen LogP contribution in [0.5, 0.6) is 0 Å². The molecule has 2 fully saturated rings. The normalized spacial score (nSPS) is 19.6. The minimum Gasteiger partial charge on any atom is -0.422 e. The Morgan fingerprint density at radius 2 is 1.85 bits per heavy atom. The molecule has 0 radical (unpaired) electrons. The van der Waals surface area contributed by atoms with Gasteiger partial charge in [0, 0.05) is 37.1 Å². The van der Waals surface area contributed by atoms with Gasteiger partial charge in [0.25, 0.3) is 0 Å². The van der Waals surface area contributed by atoms with Crippen LogP contribution in [0.15, 0.2) is 27.4 Å². The highest BCUT2D eigenvalue weighted by atomic mass is 16.4. The second kappa shape index (κ2) is 6.88. The van der Waals surface area contributed by atoms with Crippen molar-refractivity contribution in [1.29, 1.82) is 0 Å². The summed E-state index contributed by atoms with van der Waals surface area (Å²) in [6, 6.07) is 6.12. The fourth-order valence-corrected chi connectivity index (χ4v) is 4.52. The smallest absolute Gasteiger partial charge is 0.336 e. The molecule has 1 aromatic carbocycles. The van der Waals surface area contributed by atoms with Crippen LogP contribution < -0.4 is 5.63 Å². The van der Waals surface area contributed by atoms with Gasteiger partial charge in [0.15, 0.2) is 0 Å². The number of carbonyl (C=O) groups excluding carboxylic acids is 1.